The van der Waals surface area contributed by atoms with Crippen molar-refractivity contribution in [2.75, 3.05) is 0 Å². The first-order valence-electron chi connectivity index (χ1n) is 14.0. The first-order valence-corrected chi connectivity index (χ1v) is 14.0. The highest BCUT2D eigenvalue weighted by Gasteiger charge is 2.59. The van der Waals surface area contributed by atoms with Crippen molar-refractivity contribution in [3.05, 3.63) is 11.6 Å². The molecule has 4 rings (SSSR count). The van der Waals surface area contributed by atoms with Gasteiger partial charge in [-0.2, -0.15) is 0 Å². The molecule has 31 heavy (non-hydrogen) atoms. The van der Waals surface area contributed by atoms with E-state index in [1.165, 1.54) is 64.2 Å². The van der Waals surface area contributed by atoms with Crippen molar-refractivity contribution in [2.45, 2.75) is 132 Å². The van der Waals surface area contributed by atoms with Crippen LogP contribution in [0.4, 0.5) is 0 Å². The first-order chi connectivity index (χ1) is 14.7. The predicted octanol–water partition coefficient (Wildman–Crippen LogP) is 8.81. The van der Waals surface area contributed by atoms with E-state index in [4.69, 9.17) is 0 Å². The summed E-state index contributed by atoms with van der Waals surface area (Å²) in [5, 5.41) is 10.2. The fourth-order valence-corrected chi connectivity index (χ4v) is 8.67. The monoisotopic (exact) mass is 430 g/mol. The standard InChI is InChI=1S/C27H46O.C3H8/c1-18(2)7-6-8-19(3)23-11-12-24-22-10-9-20-17-21(28)13-15-26(20,4)25(22)14-16-27(23,24)5;1-3-2/h9,18-19,21-25,28H,6-8,10-17H2,1-5H3;3H2,1-2H3. The van der Waals surface area contributed by atoms with E-state index in [0.29, 0.717) is 10.8 Å². The zero-order chi connectivity index (χ0) is 22.8. The number of aliphatic hydroxyl groups is 1. The summed E-state index contributed by atoms with van der Waals surface area (Å²) in [7, 11) is 0. The number of rotatable bonds is 5. The van der Waals surface area contributed by atoms with Gasteiger partial charge in [0.15, 0.2) is 0 Å². The van der Waals surface area contributed by atoms with Gasteiger partial charge in [-0.25, -0.2) is 0 Å². The Hall–Kier alpha value is -0.300. The van der Waals surface area contributed by atoms with Gasteiger partial charge in [0.25, 0.3) is 0 Å². The molecule has 1 heteroatoms. The zero-order valence-electron chi connectivity index (χ0n) is 22.1. The molecule has 3 fully saturated rings. The minimum Gasteiger partial charge on any atom is -0.393 e. The highest BCUT2D eigenvalue weighted by atomic mass is 16.3. The molecule has 4 aliphatic carbocycles. The number of hydrogen-bond donors (Lipinski definition) is 1. The number of hydrogen-bond acceptors (Lipinski definition) is 1. The van der Waals surface area contributed by atoms with E-state index in [2.05, 4.69) is 54.5 Å². The Balaban J connectivity index is 0.000000858. The lowest BCUT2D eigenvalue weighted by atomic mass is 9.47. The van der Waals surface area contributed by atoms with Gasteiger partial charge in [0.05, 0.1) is 6.10 Å². The van der Waals surface area contributed by atoms with Gasteiger partial charge in [-0.15, -0.1) is 0 Å². The molecule has 1 nitrogen and oxygen atoms in total. The number of allylic oxidation sites excluding steroid dienone is 1. The van der Waals surface area contributed by atoms with E-state index >= 15 is 0 Å². The minimum absolute atomic E-state index is 0.0766. The van der Waals surface area contributed by atoms with Gasteiger partial charge in [0.1, 0.15) is 0 Å². The minimum atomic E-state index is -0.0766. The van der Waals surface area contributed by atoms with Gasteiger partial charge in [-0.05, 0) is 97.7 Å². The molecule has 0 radical (unpaired) electrons. The largest absolute Gasteiger partial charge is 0.393 e. The third-order valence-electron chi connectivity index (χ3n) is 10.3. The normalized spacial score (nSPS) is 42.6. The lowest BCUT2D eigenvalue weighted by molar-refractivity contribution is -0.0573. The fourth-order valence-electron chi connectivity index (χ4n) is 8.67. The van der Waals surface area contributed by atoms with Crippen molar-refractivity contribution >= 4 is 0 Å². The van der Waals surface area contributed by atoms with Crippen LogP contribution in [-0.4, -0.2) is 11.2 Å². The SMILES string of the molecule is CC(C)CCCC(C)C1CCC2C3CC=C4CC(O)CCC4(C)C3CCC12C.CCC. The molecule has 0 heterocycles. The highest BCUT2D eigenvalue weighted by Crippen LogP contribution is 2.67. The van der Waals surface area contributed by atoms with Crippen molar-refractivity contribution < 1.29 is 5.11 Å². The van der Waals surface area contributed by atoms with Crippen LogP contribution in [-0.2, 0) is 0 Å². The maximum absolute atomic E-state index is 10.2. The van der Waals surface area contributed by atoms with Crippen LogP contribution in [0.25, 0.3) is 0 Å². The van der Waals surface area contributed by atoms with E-state index < -0.39 is 0 Å². The lowest BCUT2D eigenvalue weighted by Gasteiger charge is -2.58. The van der Waals surface area contributed by atoms with Crippen LogP contribution < -0.4 is 0 Å². The van der Waals surface area contributed by atoms with E-state index in [1.54, 1.807) is 5.57 Å². The van der Waals surface area contributed by atoms with E-state index in [1.807, 2.05) is 0 Å². The van der Waals surface area contributed by atoms with Crippen molar-refractivity contribution in [1.29, 1.82) is 0 Å². The average Bonchev–Trinajstić information content (AvgIpc) is 3.06. The van der Waals surface area contributed by atoms with Crippen molar-refractivity contribution in [1.82, 2.24) is 0 Å². The van der Waals surface area contributed by atoms with Gasteiger partial charge >= 0.3 is 0 Å². The summed E-state index contributed by atoms with van der Waals surface area (Å²) in [6.07, 6.45) is 18.4. The van der Waals surface area contributed by atoms with Crippen LogP contribution >= 0.6 is 0 Å². The van der Waals surface area contributed by atoms with Crippen LogP contribution in [0.3, 0.4) is 0 Å². The summed E-state index contributed by atoms with van der Waals surface area (Å²) < 4.78 is 0. The van der Waals surface area contributed by atoms with Gasteiger partial charge in [0.2, 0.25) is 0 Å². The molecule has 0 aromatic heterocycles. The van der Waals surface area contributed by atoms with Gasteiger partial charge in [0, 0.05) is 0 Å². The zero-order valence-corrected chi connectivity index (χ0v) is 22.1. The van der Waals surface area contributed by atoms with E-state index in [9.17, 15) is 5.11 Å². The smallest absolute Gasteiger partial charge is 0.0577 e. The number of aliphatic hydroxyl groups excluding tert-OH is 1. The second kappa shape index (κ2) is 10.3. The molecule has 0 aromatic rings. The van der Waals surface area contributed by atoms with Crippen LogP contribution in [0, 0.1) is 46.3 Å². The summed E-state index contributed by atoms with van der Waals surface area (Å²) in [6, 6.07) is 0. The van der Waals surface area contributed by atoms with Crippen LogP contribution in [0.5, 0.6) is 0 Å². The van der Waals surface area contributed by atoms with Crippen LogP contribution in [0.1, 0.15) is 126 Å². The van der Waals surface area contributed by atoms with Crippen LogP contribution in [0.15, 0.2) is 11.6 Å². The Bertz CT molecular complexity index is 606. The summed E-state index contributed by atoms with van der Waals surface area (Å²) in [4.78, 5) is 0. The quantitative estimate of drug-likeness (QED) is 0.432. The lowest BCUT2D eigenvalue weighted by Crippen LogP contribution is -2.50. The third-order valence-corrected chi connectivity index (χ3v) is 10.3. The first kappa shape index (κ1) is 25.3. The van der Waals surface area contributed by atoms with Crippen molar-refractivity contribution in [3.8, 4) is 0 Å². The molecule has 8 unspecified atom stereocenters. The average molecular weight is 431 g/mol. The summed E-state index contributed by atoms with van der Waals surface area (Å²) >= 11 is 0. The molecule has 8 atom stereocenters. The van der Waals surface area contributed by atoms with E-state index in [0.717, 1.165) is 48.3 Å². The molecule has 1 N–H and O–H groups in total. The Kier molecular flexibility index (Phi) is 8.43. The second-order valence-electron chi connectivity index (χ2n) is 12.9. The molecular weight excluding hydrogens is 376 g/mol. The second-order valence-corrected chi connectivity index (χ2v) is 12.9. The molecule has 3 saturated carbocycles. The Morgan fingerprint density at radius 3 is 2.35 bits per heavy atom. The van der Waals surface area contributed by atoms with Crippen molar-refractivity contribution in [2.24, 2.45) is 46.3 Å². The van der Waals surface area contributed by atoms with E-state index in [-0.39, 0.29) is 6.10 Å². The summed E-state index contributed by atoms with van der Waals surface area (Å²) in [5.41, 5.74) is 2.60. The van der Waals surface area contributed by atoms with Crippen LogP contribution in [0.2, 0.25) is 0 Å². The molecule has 4 aliphatic rings. The highest BCUT2D eigenvalue weighted by molar-refractivity contribution is 5.25. The maximum atomic E-state index is 10.2. The Morgan fingerprint density at radius 2 is 1.68 bits per heavy atom. The van der Waals surface area contributed by atoms with Gasteiger partial charge in [-0.1, -0.05) is 85.8 Å². The summed E-state index contributed by atoms with van der Waals surface area (Å²) in [6.45, 7) is 16.8. The van der Waals surface area contributed by atoms with Gasteiger partial charge in [-0.3, -0.25) is 0 Å². The Labute approximate surface area is 194 Å². The molecule has 0 bridgehead atoms. The summed E-state index contributed by atoms with van der Waals surface area (Å²) in [5.74, 6) is 5.46. The molecule has 0 amide bonds. The Morgan fingerprint density at radius 1 is 0.968 bits per heavy atom. The molecule has 0 aliphatic heterocycles. The predicted molar refractivity (Wildman–Crippen MR) is 135 cm³/mol. The molecule has 180 valence electrons. The van der Waals surface area contributed by atoms with Crippen molar-refractivity contribution in [3.63, 3.8) is 0 Å². The molecule has 0 aromatic carbocycles. The topological polar surface area (TPSA) is 20.2 Å². The number of fused-ring (bicyclic) bond motifs is 5. The van der Waals surface area contributed by atoms with Gasteiger partial charge < -0.3 is 5.11 Å². The fraction of sp³-hybridized carbons (Fsp3) is 0.933. The molecular formula is C30H54O. The molecule has 0 spiro atoms. The third kappa shape index (κ3) is 4.97. The molecule has 0 saturated heterocycles. The maximum Gasteiger partial charge on any atom is 0.0577 e.